The van der Waals surface area contributed by atoms with Crippen molar-refractivity contribution < 1.29 is 0 Å². The highest BCUT2D eigenvalue weighted by Gasteiger charge is 2.25. The highest BCUT2D eigenvalue weighted by Crippen LogP contribution is 2.33. The summed E-state index contributed by atoms with van der Waals surface area (Å²) in [6, 6.07) is 13.4. The van der Waals surface area contributed by atoms with Crippen molar-refractivity contribution in [1.29, 1.82) is 0 Å². The molecule has 0 unspecified atom stereocenters. The fraction of sp³-hybridized carbons (Fsp3) is 0.389. The standard InChI is InChI=1S/C18H22N2/c1-15-10-11-19-13-17(15)18-9-5-6-12-20(18)14-16-7-3-2-4-8-16/h2-4,7-8,10-11,13,18H,5-6,9,12,14H2,1H3/t18-/m1/s1. The molecular formula is C18H22N2. The van der Waals surface area contributed by atoms with E-state index in [0.29, 0.717) is 6.04 Å². The van der Waals surface area contributed by atoms with Crippen LogP contribution < -0.4 is 0 Å². The number of benzene rings is 1. The average Bonchev–Trinajstić information content (AvgIpc) is 2.50. The van der Waals surface area contributed by atoms with Gasteiger partial charge in [0.15, 0.2) is 0 Å². The fourth-order valence-electron chi connectivity index (χ4n) is 3.18. The lowest BCUT2D eigenvalue weighted by atomic mass is 9.93. The first-order valence-electron chi connectivity index (χ1n) is 7.53. The van der Waals surface area contributed by atoms with Gasteiger partial charge in [-0.3, -0.25) is 9.88 Å². The van der Waals surface area contributed by atoms with Gasteiger partial charge in [0.2, 0.25) is 0 Å². The Bertz CT molecular complexity index is 550. The number of likely N-dealkylation sites (tertiary alicyclic amines) is 1. The molecular weight excluding hydrogens is 244 g/mol. The summed E-state index contributed by atoms with van der Waals surface area (Å²) < 4.78 is 0. The molecule has 1 fully saturated rings. The summed E-state index contributed by atoms with van der Waals surface area (Å²) in [7, 11) is 0. The minimum absolute atomic E-state index is 0.526. The summed E-state index contributed by atoms with van der Waals surface area (Å²) in [6.07, 6.45) is 7.83. The molecule has 2 nitrogen and oxygen atoms in total. The Morgan fingerprint density at radius 1 is 1.15 bits per heavy atom. The minimum atomic E-state index is 0.526. The zero-order valence-corrected chi connectivity index (χ0v) is 12.1. The monoisotopic (exact) mass is 266 g/mol. The van der Waals surface area contributed by atoms with Crippen molar-refractivity contribution in [1.82, 2.24) is 9.88 Å². The quantitative estimate of drug-likeness (QED) is 0.831. The molecule has 1 aliphatic rings. The highest BCUT2D eigenvalue weighted by atomic mass is 15.2. The van der Waals surface area contributed by atoms with Gasteiger partial charge in [-0.05, 0) is 49.1 Å². The van der Waals surface area contributed by atoms with Crippen molar-refractivity contribution in [3.8, 4) is 0 Å². The van der Waals surface area contributed by atoms with Crippen LogP contribution in [0.1, 0.15) is 42.0 Å². The molecule has 0 N–H and O–H groups in total. The third-order valence-electron chi connectivity index (χ3n) is 4.28. The second-order valence-electron chi connectivity index (χ2n) is 5.70. The zero-order chi connectivity index (χ0) is 13.8. The summed E-state index contributed by atoms with van der Waals surface area (Å²) >= 11 is 0. The SMILES string of the molecule is Cc1ccncc1[C@H]1CCCCN1Cc1ccccc1. The first kappa shape index (κ1) is 13.3. The maximum atomic E-state index is 4.34. The van der Waals surface area contributed by atoms with E-state index in [4.69, 9.17) is 0 Å². The molecule has 1 aromatic heterocycles. The summed E-state index contributed by atoms with van der Waals surface area (Å²) in [6.45, 7) is 4.43. The van der Waals surface area contributed by atoms with Crippen LogP contribution in [0.3, 0.4) is 0 Å². The van der Waals surface area contributed by atoms with Crippen LogP contribution in [0.25, 0.3) is 0 Å². The first-order valence-corrected chi connectivity index (χ1v) is 7.53. The smallest absolute Gasteiger partial charge is 0.0369 e. The normalized spacial score (nSPS) is 19.9. The van der Waals surface area contributed by atoms with Crippen LogP contribution in [0.5, 0.6) is 0 Å². The predicted molar refractivity (Wildman–Crippen MR) is 82.4 cm³/mol. The van der Waals surface area contributed by atoms with Gasteiger partial charge in [-0.25, -0.2) is 0 Å². The van der Waals surface area contributed by atoms with E-state index >= 15 is 0 Å². The maximum Gasteiger partial charge on any atom is 0.0369 e. The summed E-state index contributed by atoms with van der Waals surface area (Å²) in [5.74, 6) is 0. The minimum Gasteiger partial charge on any atom is -0.292 e. The molecule has 104 valence electrons. The number of aryl methyl sites for hydroxylation is 1. The van der Waals surface area contributed by atoms with E-state index in [2.05, 4.69) is 59.4 Å². The molecule has 20 heavy (non-hydrogen) atoms. The lowest BCUT2D eigenvalue weighted by Crippen LogP contribution is -2.33. The predicted octanol–water partition coefficient (Wildman–Crippen LogP) is 4.12. The Morgan fingerprint density at radius 2 is 2.00 bits per heavy atom. The van der Waals surface area contributed by atoms with Crippen LogP contribution in [0.4, 0.5) is 0 Å². The Labute approximate surface area is 121 Å². The Balaban J connectivity index is 1.83. The molecule has 1 atom stereocenters. The van der Waals surface area contributed by atoms with E-state index < -0.39 is 0 Å². The Hall–Kier alpha value is -1.67. The number of aromatic nitrogens is 1. The topological polar surface area (TPSA) is 16.1 Å². The molecule has 3 rings (SSSR count). The number of hydrogen-bond acceptors (Lipinski definition) is 2. The number of rotatable bonds is 3. The molecule has 2 heteroatoms. The van der Waals surface area contributed by atoms with Gasteiger partial charge in [0.25, 0.3) is 0 Å². The van der Waals surface area contributed by atoms with Crippen molar-refractivity contribution in [2.45, 2.75) is 38.8 Å². The summed E-state index contributed by atoms with van der Waals surface area (Å²) in [4.78, 5) is 6.95. The van der Waals surface area contributed by atoms with E-state index in [1.165, 1.54) is 42.5 Å². The van der Waals surface area contributed by atoms with Crippen LogP contribution in [0.15, 0.2) is 48.8 Å². The third-order valence-corrected chi connectivity index (χ3v) is 4.28. The highest BCUT2D eigenvalue weighted by molar-refractivity contribution is 5.26. The van der Waals surface area contributed by atoms with Crippen molar-refractivity contribution in [3.05, 3.63) is 65.5 Å². The molecule has 0 amide bonds. The largest absolute Gasteiger partial charge is 0.292 e. The van der Waals surface area contributed by atoms with Gasteiger partial charge in [0.05, 0.1) is 0 Å². The first-order chi connectivity index (χ1) is 9.84. The van der Waals surface area contributed by atoms with Gasteiger partial charge in [-0.1, -0.05) is 36.8 Å². The summed E-state index contributed by atoms with van der Waals surface area (Å²) in [5, 5.41) is 0. The van der Waals surface area contributed by atoms with Gasteiger partial charge < -0.3 is 0 Å². The van der Waals surface area contributed by atoms with Crippen LogP contribution >= 0.6 is 0 Å². The van der Waals surface area contributed by atoms with Crippen LogP contribution in [0.2, 0.25) is 0 Å². The van der Waals surface area contributed by atoms with Crippen LogP contribution in [-0.4, -0.2) is 16.4 Å². The Kier molecular flexibility index (Phi) is 4.12. The van der Waals surface area contributed by atoms with Crippen molar-refractivity contribution in [2.75, 3.05) is 6.54 Å². The molecule has 0 saturated carbocycles. The second-order valence-corrected chi connectivity index (χ2v) is 5.70. The van der Waals surface area contributed by atoms with Crippen molar-refractivity contribution in [2.24, 2.45) is 0 Å². The number of pyridine rings is 1. The molecule has 1 aromatic carbocycles. The maximum absolute atomic E-state index is 4.34. The van der Waals surface area contributed by atoms with E-state index in [9.17, 15) is 0 Å². The van der Waals surface area contributed by atoms with Crippen molar-refractivity contribution in [3.63, 3.8) is 0 Å². The van der Waals surface area contributed by atoms with Gasteiger partial charge in [0.1, 0.15) is 0 Å². The van der Waals surface area contributed by atoms with E-state index in [1.807, 2.05) is 6.20 Å². The lowest BCUT2D eigenvalue weighted by molar-refractivity contribution is 0.139. The number of piperidine rings is 1. The Morgan fingerprint density at radius 3 is 2.80 bits per heavy atom. The lowest BCUT2D eigenvalue weighted by Gasteiger charge is -2.36. The van der Waals surface area contributed by atoms with Gasteiger partial charge in [-0.2, -0.15) is 0 Å². The molecule has 0 radical (unpaired) electrons. The number of hydrogen-bond donors (Lipinski definition) is 0. The van der Waals surface area contributed by atoms with E-state index in [1.54, 1.807) is 0 Å². The van der Waals surface area contributed by atoms with Gasteiger partial charge >= 0.3 is 0 Å². The average molecular weight is 266 g/mol. The molecule has 0 spiro atoms. The van der Waals surface area contributed by atoms with Gasteiger partial charge in [-0.15, -0.1) is 0 Å². The second kappa shape index (κ2) is 6.19. The van der Waals surface area contributed by atoms with Gasteiger partial charge in [0, 0.05) is 25.0 Å². The molecule has 1 saturated heterocycles. The van der Waals surface area contributed by atoms with Crippen LogP contribution in [-0.2, 0) is 6.54 Å². The van der Waals surface area contributed by atoms with E-state index in [-0.39, 0.29) is 0 Å². The molecule has 1 aliphatic heterocycles. The van der Waals surface area contributed by atoms with Crippen molar-refractivity contribution >= 4 is 0 Å². The molecule has 2 aromatic rings. The summed E-state index contributed by atoms with van der Waals surface area (Å²) in [5.41, 5.74) is 4.18. The molecule has 2 heterocycles. The number of nitrogens with zero attached hydrogens (tertiary/aromatic N) is 2. The zero-order valence-electron chi connectivity index (χ0n) is 12.1. The molecule has 0 aliphatic carbocycles. The molecule has 0 bridgehead atoms. The third kappa shape index (κ3) is 2.91. The van der Waals surface area contributed by atoms with E-state index in [0.717, 1.165) is 6.54 Å². The van der Waals surface area contributed by atoms with Crippen LogP contribution in [0, 0.1) is 6.92 Å². The fourth-order valence-corrected chi connectivity index (χ4v) is 3.18.